The first-order chi connectivity index (χ1) is 11.4. The van der Waals surface area contributed by atoms with Crippen molar-refractivity contribution in [1.82, 2.24) is 5.32 Å². The van der Waals surface area contributed by atoms with Crippen molar-refractivity contribution in [2.75, 3.05) is 20.2 Å². The van der Waals surface area contributed by atoms with Gasteiger partial charge in [0.25, 0.3) is 0 Å². The van der Waals surface area contributed by atoms with E-state index in [0.717, 1.165) is 35.5 Å². The quantitative estimate of drug-likeness (QED) is 0.829. The molecule has 0 amide bonds. The van der Waals surface area contributed by atoms with Crippen molar-refractivity contribution in [2.45, 2.75) is 58.2 Å². The smallest absolute Gasteiger partial charge is 0.132 e. The first-order valence-electron chi connectivity index (χ1n) is 8.94. The van der Waals surface area contributed by atoms with Gasteiger partial charge in [0.1, 0.15) is 29.8 Å². The Hall–Kier alpha value is -1.23. The number of benzene rings is 1. The highest BCUT2D eigenvalue weighted by molar-refractivity contribution is 5.85. The van der Waals surface area contributed by atoms with E-state index in [1.54, 1.807) is 0 Å². The van der Waals surface area contributed by atoms with Crippen molar-refractivity contribution < 1.29 is 14.6 Å². The zero-order valence-corrected chi connectivity index (χ0v) is 16.5. The second-order valence-corrected chi connectivity index (χ2v) is 7.44. The van der Waals surface area contributed by atoms with Gasteiger partial charge in [-0.3, -0.25) is 0 Å². The van der Waals surface area contributed by atoms with Gasteiger partial charge >= 0.3 is 0 Å². The minimum absolute atomic E-state index is 0. The van der Waals surface area contributed by atoms with Gasteiger partial charge in [0.15, 0.2) is 0 Å². The molecule has 25 heavy (non-hydrogen) atoms. The fourth-order valence-electron chi connectivity index (χ4n) is 3.88. The Morgan fingerprint density at radius 3 is 2.72 bits per heavy atom. The van der Waals surface area contributed by atoms with Crippen LogP contribution in [0.4, 0.5) is 0 Å². The number of allylic oxidation sites excluding steroid dienone is 1. The summed E-state index contributed by atoms with van der Waals surface area (Å²) in [5.74, 6) is 1.75. The number of aliphatic hydroxyl groups is 1. The highest BCUT2D eigenvalue weighted by Crippen LogP contribution is 2.50. The number of fused-ring (bicyclic) bond motifs is 2. The topological polar surface area (TPSA) is 50.7 Å². The zero-order valence-electron chi connectivity index (χ0n) is 15.6. The van der Waals surface area contributed by atoms with E-state index in [2.05, 4.69) is 38.2 Å². The maximum Gasteiger partial charge on any atom is 0.132 e. The van der Waals surface area contributed by atoms with Crippen molar-refractivity contribution in [2.24, 2.45) is 0 Å². The Morgan fingerprint density at radius 2 is 2.00 bits per heavy atom. The third-order valence-corrected chi connectivity index (χ3v) is 4.94. The lowest BCUT2D eigenvalue weighted by Gasteiger charge is -2.40. The summed E-state index contributed by atoms with van der Waals surface area (Å²) in [4.78, 5) is 0. The SMILES string of the molecule is CNCC(O)COc1cc(C)cc2c1C1=C(CCCC1)C(C)(C)O2.Cl. The van der Waals surface area contributed by atoms with Gasteiger partial charge in [0, 0.05) is 6.54 Å². The molecule has 0 radical (unpaired) electrons. The number of ether oxygens (including phenoxy) is 2. The number of likely N-dealkylation sites (N-methyl/N-ethyl adjacent to an activating group) is 1. The van der Waals surface area contributed by atoms with E-state index in [1.165, 1.54) is 24.0 Å². The van der Waals surface area contributed by atoms with Crippen LogP contribution in [-0.2, 0) is 0 Å². The molecule has 0 bridgehead atoms. The van der Waals surface area contributed by atoms with Crippen LogP contribution in [0, 0.1) is 6.92 Å². The monoisotopic (exact) mass is 367 g/mol. The van der Waals surface area contributed by atoms with E-state index >= 15 is 0 Å². The third-order valence-electron chi connectivity index (χ3n) is 4.94. The van der Waals surface area contributed by atoms with Crippen molar-refractivity contribution >= 4 is 18.0 Å². The van der Waals surface area contributed by atoms with Crippen LogP contribution in [0.3, 0.4) is 0 Å². The molecule has 5 heteroatoms. The van der Waals surface area contributed by atoms with Gasteiger partial charge in [-0.2, -0.15) is 0 Å². The van der Waals surface area contributed by atoms with Gasteiger partial charge in [-0.05, 0) is 82.3 Å². The van der Waals surface area contributed by atoms with Crippen LogP contribution < -0.4 is 14.8 Å². The molecule has 0 saturated heterocycles. The van der Waals surface area contributed by atoms with Crippen LogP contribution in [0.5, 0.6) is 11.5 Å². The molecule has 0 saturated carbocycles. The summed E-state index contributed by atoms with van der Waals surface area (Å²) in [5.41, 5.74) is 4.77. The van der Waals surface area contributed by atoms with Crippen molar-refractivity contribution in [1.29, 1.82) is 0 Å². The summed E-state index contributed by atoms with van der Waals surface area (Å²) in [6.07, 6.45) is 4.09. The Labute approximate surface area is 157 Å². The average molecular weight is 368 g/mol. The maximum atomic E-state index is 9.97. The summed E-state index contributed by atoms with van der Waals surface area (Å²) < 4.78 is 12.4. The maximum absolute atomic E-state index is 9.97. The summed E-state index contributed by atoms with van der Waals surface area (Å²) >= 11 is 0. The van der Waals surface area contributed by atoms with Crippen molar-refractivity contribution in [3.8, 4) is 11.5 Å². The number of hydrogen-bond donors (Lipinski definition) is 2. The van der Waals surface area contributed by atoms with E-state index in [0.29, 0.717) is 6.54 Å². The molecule has 140 valence electrons. The largest absolute Gasteiger partial charge is 0.490 e. The normalized spacial score (nSPS) is 19.2. The van der Waals surface area contributed by atoms with Crippen LogP contribution in [0.25, 0.3) is 5.57 Å². The molecule has 0 spiro atoms. The van der Waals surface area contributed by atoms with Crippen LogP contribution in [0.1, 0.15) is 50.7 Å². The molecule has 0 fully saturated rings. The van der Waals surface area contributed by atoms with Crippen molar-refractivity contribution in [3.63, 3.8) is 0 Å². The molecule has 1 aliphatic heterocycles. The first kappa shape index (κ1) is 20.1. The molecule has 1 aromatic carbocycles. The van der Waals surface area contributed by atoms with Gasteiger partial charge in [-0.1, -0.05) is 0 Å². The highest BCUT2D eigenvalue weighted by atomic mass is 35.5. The lowest BCUT2D eigenvalue weighted by molar-refractivity contribution is 0.106. The molecule has 3 rings (SSSR count). The second kappa shape index (κ2) is 7.98. The summed E-state index contributed by atoms with van der Waals surface area (Å²) in [7, 11) is 1.83. The number of rotatable bonds is 5. The highest BCUT2D eigenvalue weighted by Gasteiger charge is 2.37. The number of hydrogen-bond acceptors (Lipinski definition) is 4. The molecular formula is C20H30ClNO3. The molecule has 4 nitrogen and oxygen atoms in total. The molecule has 1 aliphatic carbocycles. The minimum atomic E-state index is -0.521. The molecular weight excluding hydrogens is 338 g/mol. The van der Waals surface area contributed by atoms with Gasteiger partial charge in [0.05, 0.1) is 5.56 Å². The predicted molar refractivity (Wildman–Crippen MR) is 104 cm³/mol. The third kappa shape index (κ3) is 4.13. The Morgan fingerprint density at radius 1 is 1.28 bits per heavy atom. The Kier molecular flexibility index (Phi) is 6.41. The summed E-state index contributed by atoms with van der Waals surface area (Å²) in [6, 6.07) is 4.16. The molecule has 2 N–H and O–H groups in total. The molecule has 2 aliphatic rings. The Balaban J connectivity index is 0.00000225. The fraction of sp³-hybridized carbons (Fsp3) is 0.600. The lowest BCUT2D eigenvalue weighted by atomic mass is 9.77. The van der Waals surface area contributed by atoms with Crippen LogP contribution in [-0.4, -0.2) is 37.0 Å². The minimum Gasteiger partial charge on any atom is -0.490 e. The fourth-order valence-corrected chi connectivity index (χ4v) is 3.88. The molecule has 1 heterocycles. The van der Waals surface area contributed by atoms with Crippen LogP contribution in [0.15, 0.2) is 17.7 Å². The molecule has 1 aromatic rings. The molecule has 1 atom stereocenters. The second-order valence-electron chi connectivity index (χ2n) is 7.44. The number of halogens is 1. The van der Waals surface area contributed by atoms with Gasteiger partial charge < -0.3 is 19.9 Å². The van der Waals surface area contributed by atoms with Crippen LogP contribution in [0.2, 0.25) is 0 Å². The summed E-state index contributed by atoms with van der Waals surface area (Å²) in [5, 5.41) is 12.9. The van der Waals surface area contributed by atoms with E-state index in [9.17, 15) is 5.11 Å². The van der Waals surface area contributed by atoms with Gasteiger partial charge in [-0.25, -0.2) is 0 Å². The Bertz CT molecular complexity index is 655. The average Bonchev–Trinajstić information content (AvgIpc) is 2.52. The van der Waals surface area contributed by atoms with E-state index in [-0.39, 0.29) is 24.6 Å². The zero-order chi connectivity index (χ0) is 17.3. The van der Waals surface area contributed by atoms with E-state index in [1.807, 2.05) is 7.05 Å². The number of aliphatic hydroxyl groups excluding tert-OH is 1. The number of nitrogens with one attached hydrogen (secondary N) is 1. The van der Waals surface area contributed by atoms with Gasteiger partial charge in [-0.15, -0.1) is 12.4 Å². The first-order valence-corrected chi connectivity index (χ1v) is 8.94. The molecule has 0 aromatic heterocycles. The summed E-state index contributed by atoms with van der Waals surface area (Å²) in [6.45, 7) is 7.18. The molecule has 1 unspecified atom stereocenters. The van der Waals surface area contributed by atoms with Crippen LogP contribution >= 0.6 is 12.4 Å². The van der Waals surface area contributed by atoms with Crippen molar-refractivity contribution in [3.05, 3.63) is 28.8 Å². The predicted octanol–water partition coefficient (Wildman–Crippen LogP) is 3.87. The standard InChI is InChI=1S/C20H29NO3.ClH/c1-13-9-17(23-12-14(22)11-21-4)19-15-7-5-6-8-16(15)20(2,3)24-18(19)10-13;/h9-10,14,21-22H,5-8,11-12H2,1-4H3;1H. The number of aryl methyl sites for hydroxylation is 1. The van der Waals surface area contributed by atoms with Gasteiger partial charge in [0.2, 0.25) is 0 Å². The van der Waals surface area contributed by atoms with E-state index < -0.39 is 6.10 Å². The van der Waals surface area contributed by atoms with E-state index in [4.69, 9.17) is 9.47 Å². The lowest BCUT2D eigenvalue weighted by Crippen LogP contribution is -2.36.